The number of halogens is 1. The fraction of sp³-hybridized carbons (Fsp3) is 0.190. The Labute approximate surface area is 173 Å². The van der Waals surface area contributed by atoms with Crippen molar-refractivity contribution in [2.45, 2.75) is 12.8 Å². The molecule has 0 spiro atoms. The maximum atomic E-state index is 13.8. The molecule has 2 N–H and O–H groups in total. The average Bonchev–Trinajstić information content (AvgIpc) is 3.15. The van der Waals surface area contributed by atoms with Gasteiger partial charge in [-0.25, -0.2) is 12.8 Å². The number of anilines is 2. The van der Waals surface area contributed by atoms with Crippen LogP contribution in [-0.2, 0) is 21.2 Å². The summed E-state index contributed by atoms with van der Waals surface area (Å²) in [7, 11) is -2.06. The predicted molar refractivity (Wildman–Crippen MR) is 113 cm³/mol. The number of furan rings is 1. The molecule has 0 unspecified atom stereocenters. The maximum absolute atomic E-state index is 13.8. The number of sulfonamides is 1. The third-order valence-electron chi connectivity index (χ3n) is 4.18. The summed E-state index contributed by atoms with van der Waals surface area (Å²) in [5.41, 5.74) is 1.10. The van der Waals surface area contributed by atoms with Gasteiger partial charge >= 0.3 is 0 Å². The van der Waals surface area contributed by atoms with E-state index in [1.807, 2.05) is 0 Å². The van der Waals surface area contributed by atoms with E-state index in [2.05, 4.69) is 10.0 Å². The van der Waals surface area contributed by atoms with Crippen molar-refractivity contribution in [2.75, 3.05) is 23.4 Å². The van der Waals surface area contributed by atoms with Crippen molar-refractivity contribution in [3.05, 3.63) is 66.2 Å². The second-order valence-corrected chi connectivity index (χ2v) is 8.33. The molecular weight excluding hydrogens is 411 g/mol. The van der Waals surface area contributed by atoms with Gasteiger partial charge in [-0.2, -0.15) is 0 Å². The quantitative estimate of drug-likeness (QED) is 0.560. The Hall–Kier alpha value is -3.33. The summed E-state index contributed by atoms with van der Waals surface area (Å²) in [4.78, 5) is 12.3. The Balaban J connectivity index is 1.61. The van der Waals surface area contributed by atoms with Crippen LogP contribution in [0.3, 0.4) is 0 Å². The third kappa shape index (κ3) is 5.60. The molecule has 0 bridgehead atoms. The fourth-order valence-electron chi connectivity index (χ4n) is 2.83. The second kappa shape index (κ2) is 9.00. The van der Waals surface area contributed by atoms with Gasteiger partial charge in [0, 0.05) is 24.6 Å². The molecular formula is C21H21FN2O5S. The van der Waals surface area contributed by atoms with Crippen molar-refractivity contribution in [3.8, 4) is 17.1 Å². The third-order valence-corrected chi connectivity index (χ3v) is 4.77. The average molecular weight is 432 g/mol. The molecule has 158 valence electrons. The number of amides is 1. The molecule has 0 fully saturated rings. The summed E-state index contributed by atoms with van der Waals surface area (Å²) < 4.78 is 49.8. The lowest BCUT2D eigenvalue weighted by Crippen LogP contribution is -2.13. The number of aryl methyl sites for hydroxylation is 1. The van der Waals surface area contributed by atoms with Crippen molar-refractivity contribution in [1.29, 1.82) is 0 Å². The maximum Gasteiger partial charge on any atom is 0.229 e. The summed E-state index contributed by atoms with van der Waals surface area (Å²) in [5, 5.41) is 2.73. The monoisotopic (exact) mass is 432 g/mol. The van der Waals surface area contributed by atoms with E-state index in [0.29, 0.717) is 29.2 Å². The number of methoxy groups -OCH3 is 1. The van der Waals surface area contributed by atoms with Gasteiger partial charge in [-0.3, -0.25) is 9.52 Å². The van der Waals surface area contributed by atoms with Crippen LogP contribution in [0, 0.1) is 5.82 Å². The van der Waals surface area contributed by atoms with E-state index in [1.54, 1.807) is 36.4 Å². The van der Waals surface area contributed by atoms with Crippen LogP contribution in [0.2, 0.25) is 0 Å². The van der Waals surface area contributed by atoms with Gasteiger partial charge in [0.2, 0.25) is 15.9 Å². The van der Waals surface area contributed by atoms with E-state index in [1.165, 1.54) is 25.3 Å². The molecule has 9 heteroatoms. The minimum absolute atomic E-state index is 0.149. The highest BCUT2D eigenvalue weighted by Crippen LogP contribution is 2.29. The fourth-order valence-corrected chi connectivity index (χ4v) is 3.40. The first kappa shape index (κ1) is 21.4. The van der Waals surface area contributed by atoms with Crippen molar-refractivity contribution in [2.24, 2.45) is 0 Å². The van der Waals surface area contributed by atoms with Gasteiger partial charge in [-0.15, -0.1) is 0 Å². The molecule has 30 heavy (non-hydrogen) atoms. The largest absolute Gasteiger partial charge is 0.494 e. The minimum Gasteiger partial charge on any atom is -0.494 e. The molecule has 0 saturated heterocycles. The smallest absolute Gasteiger partial charge is 0.229 e. The molecule has 1 aromatic heterocycles. The Morgan fingerprint density at radius 1 is 1.13 bits per heavy atom. The number of ether oxygens (including phenoxy) is 1. The highest BCUT2D eigenvalue weighted by Gasteiger charge is 2.13. The number of hydrogen-bond acceptors (Lipinski definition) is 5. The van der Waals surface area contributed by atoms with E-state index in [9.17, 15) is 17.6 Å². The number of hydrogen-bond donors (Lipinski definition) is 2. The first-order valence-electron chi connectivity index (χ1n) is 9.04. The molecule has 0 saturated carbocycles. The first-order valence-corrected chi connectivity index (χ1v) is 10.9. The Kier molecular flexibility index (Phi) is 6.41. The zero-order valence-corrected chi connectivity index (χ0v) is 17.3. The molecule has 0 aliphatic carbocycles. The van der Waals surface area contributed by atoms with Crippen LogP contribution >= 0.6 is 0 Å². The number of benzene rings is 2. The van der Waals surface area contributed by atoms with Gasteiger partial charge < -0.3 is 14.5 Å². The molecule has 1 heterocycles. The van der Waals surface area contributed by atoms with E-state index >= 15 is 0 Å². The second-order valence-electron chi connectivity index (χ2n) is 6.58. The Bertz CT molecular complexity index is 1160. The SMILES string of the molecule is COc1cc(NC(=O)CCc2ccc(-c3ccccc3F)o2)ccc1NS(C)(=O)=O. The highest BCUT2D eigenvalue weighted by molar-refractivity contribution is 7.92. The van der Waals surface area contributed by atoms with Crippen LogP contribution in [0.25, 0.3) is 11.3 Å². The van der Waals surface area contributed by atoms with E-state index in [4.69, 9.17) is 9.15 Å². The van der Waals surface area contributed by atoms with Crippen LogP contribution < -0.4 is 14.8 Å². The van der Waals surface area contributed by atoms with E-state index < -0.39 is 10.0 Å². The lowest BCUT2D eigenvalue weighted by Gasteiger charge is -2.12. The van der Waals surface area contributed by atoms with E-state index in [-0.39, 0.29) is 29.6 Å². The standard InChI is InChI=1S/C21H21FN2O5S/c1-28-20-13-14(7-10-18(20)24-30(2,26)27)23-21(25)12-9-15-8-11-19(29-15)16-5-3-4-6-17(16)22/h3-8,10-11,13,24H,9,12H2,1-2H3,(H,23,25). The Morgan fingerprint density at radius 2 is 1.90 bits per heavy atom. The molecule has 3 rings (SSSR count). The Morgan fingerprint density at radius 3 is 2.60 bits per heavy atom. The van der Waals surface area contributed by atoms with Crippen molar-refractivity contribution in [3.63, 3.8) is 0 Å². The lowest BCUT2D eigenvalue weighted by atomic mass is 10.1. The molecule has 0 aliphatic heterocycles. The first-order chi connectivity index (χ1) is 14.2. The lowest BCUT2D eigenvalue weighted by molar-refractivity contribution is -0.116. The van der Waals surface area contributed by atoms with Crippen LogP contribution in [0.5, 0.6) is 5.75 Å². The number of carbonyl (C=O) groups excluding carboxylic acids is 1. The topological polar surface area (TPSA) is 97.6 Å². The van der Waals surface area contributed by atoms with Crippen molar-refractivity contribution in [1.82, 2.24) is 0 Å². The predicted octanol–water partition coefficient (Wildman–Crippen LogP) is 4.04. The van der Waals surface area contributed by atoms with Gasteiger partial charge in [0.25, 0.3) is 0 Å². The minimum atomic E-state index is -3.46. The van der Waals surface area contributed by atoms with Crippen molar-refractivity contribution < 1.29 is 26.8 Å². The van der Waals surface area contributed by atoms with Gasteiger partial charge in [-0.05, 0) is 36.4 Å². The molecule has 0 aliphatic rings. The van der Waals surface area contributed by atoms with Gasteiger partial charge in [0.05, 0.1) is 24.6 Å². The number of nitrogens with one attached hydrogen (secondary N) is 2. The van der Waals surface area contributed by atoms with Crippen LogP contribution in [0.15, 0.2) is 59.0 Å². The molecule has 7 nitrogen and oxygen atoms in total. The van der Waals surface area contributed by atoms with Crippen LogP contribution in [0.1, 0.15) is 12.2 Å². The molecule has 3 aromatic rings. The van der Waals surface area contributed by atoms with Crippen molar-refractivity contribution >= 4 is 27.3 Å². The normalized spacial score (nSPS) is 11.2. The molecule has 0 atom stereocenters. The summed E-state index contributed by atoms with van der Waals surface area (Å²) in [6.45, 7) is 0. The van der Waals surface area contributed by atoms with Crippen LogP contribution in [-0.4, -0.2) is 27.7 Å². The highest BCUT2D eigenvalue weighted by atomic mass is 32.2. The van der Waals surface area contributed by atoms with Gasteiger partial charge in [0.1, 0.15) is 23.1 Å². The van der Waals surface area contributed by atoms with Crippen LogP contribution in [0.4, 0.5) is 15.8 Å². The number of carbonyl (C=O) groups is 1. The molecule has 2 aromatic carbocycles. The molecule has 0 radical (unpaired) electrons. The zero-order chi connectivity index (χ0) is 21.7. The summed E-state index contributed by atoms with van der Waals surface area (Å²) in [6.07, 6.45) is 1.52. The van der Waals surface area contributed by atoms with Gasteiger partial charge in [0.15, 0.2) is 0 Å². The number of rotatable bonds is 8. The van der Waals surface area contributed by atoms with E-state index in [0.717, 1.165) is 6.26 Å². The molecule has 1 amide bonds. The summed E-state index contributed by atoms with van der Waals surface area (Å²) in [5.74, 6) is 0.610. The van der Waals surface area contributed by atoms with Gasteiger partial charge in [-0.1, -0.05) is 12.1 Å². The summed E-state index contributed by atoms with van der Waals surface area (Å²) >= 11 is 0. The zero-order valence-electron chi connectivity index (χ0n) is 16.4. The summed E-state index contributed by atoms with van der Waals surface area (Å²) in [6, 6.07) is 14.3.